The van der Waals surface area contributed by atoms with Crippen LogP contribution in [0.2, 0.25) is 0 Å². The molecule has 2 rings (SSSR count). The van der Waals surface area contributed by atoms with Crippen LogP contribution in [0.5, 0.6) is 5.75 Å². The average Bonchev–Trinajstić information content (AvgIpc) is 3.18. The summed E-state index contributed by atoms with van der Waals surface area (Å²) in [6, 6.07) is 8.75. The number of hydrogen-bond acceptors (Lipinski definition) is 4. The predicted molar refractivity (Wildman–Crippen MR) is 124 cm³/mol. The van der Waals surface area contributed by atoms with Crippen molar-refractivity contribution in [2.45, 2.75) is 31.1 Å². The third kappa shape index (κ3) is 7.15. The summed E-state index contributed by atoms with van der Waals surface area (Å²) in [5.74, 6) is 1.78. The molecule has 0 amide bonds. The lowest BCUT2D eigenvalue weighted by Crippen LogP contribution is -2.44. The minimum atomic E-state index is 0. The van der Waals surface area contributed by atoms with Crippen LogP contribution in [0.15, 0.2) is 29.3 Å². The van der Waals surface area contributed by atoms with Crippen LogP contribution in [-0.4, -0.2) is 62.7 Å². The van der Waals surface area contributed by atoms with Gasteiger partial charge < -0.3 is 15.4 Å². The molecule has 0 bridgehead atoms. The summed E-state index contributed by atoms with van der Waals surface area (Å²) in [5, 5.41) is 7.49. The highest BCUT2D eigenvalue weighted by Gasteiger charge is 2.24. The van der Waals surface area contributed by atoms with Gasteiger partial charge in [0.15, 0.2) is 5.96 Å². The first-order valence-electron chi connectivity index (χ1n) is 9.03. The number of nitrogens with zero attached hydrogens (tertiary/aromatic N) is 2. The zero-order chi connectivity index (χ0) is 18.1. The van der Waals surface area contributed by atoms with Gasteiger partial charge in [0.1, 0.15) is 5.75 Å². The van der Waals surface area contributed by atoms with Gasteiger partial charge in [-0.05, 0) is 49.9 Å². The molecule has 2 unspecified atom stereocenters. The van der Waals surface area contributed by atoms with Crippen molar-refractivity contribution in [2.75, 3.05) is 46.6 Å². The fourth-order valence-corrected chi connectivity index (χ4v) is 3.35. The zero-order valence-corrected chi connectivity index (χ0v) is 19.5. The number of rotatable bonds is 8. The van der Waals surface area contributed by atoms with E-state index in [0.29, 0.717) is 11.3 Å². The Bertz CT molecular complexity index is 552. The third-order valence-corrected chi connectivity index (χ3v) is 5.68. The third-order valence-electron chi connectivity index (χ3n) is 4.71. The molecule has 148 valence electrons. The van der Waals surface area contributed by atoms with Gasteiger partial charge in [-0.25, -0.2) is 0 Å². The van der Waals surface area contributed by atoms with Crippen LogP contribution in [0.3, 0.4) is 0 Å². The molecule has 1 saturated heterocycles. The minimum absolute atomic E-state index is 0. The Morgan fingerprint density at radius 1 is 1.27 bits per heavy atom. The van der Waals surface area contributed by atoms with Crippen molar-refractivity contribution >= 4 is 41.7 Å². The maximum Gasteiger partial charge on any atom is 0.191 e. The van der Waals surface area contributed by atoms with Crippen LogP contribution in [0.25, 0.3) is 0 Å². The number of benzene rings is 1. The number of likely N-dealkylation sites (tertiary alicyclic amines) is 1. The van der Waals surface area contributed by atoms with Crippen LogP contribution in [0.4, 0.5) is 0 Å². The van der Waals surface area contributed by atoms with E-state index in [9.17, 15) is 0 Å². The Morgan fingerprint density at radius 3 is 2.58 bits per heavy atom. The first kappa shape index (κ1) is 23.4. The summed E-state index contributed by atoms with van der Waals surface area (Å²) in [7, 11) is 3.55. The van der Waals surface area contributed by atoms with Crippen molar-refractivity contribution in [3.63, 3.8) is 0 Å². The van der Waals surface area contributed by atoms with E-state index in [2.05, 4.69) is 51.9 Å². The van der Waals surface area contributed by atoms with Gasteiger partial charge >= 0.3 is 0 Å². The molecule has 2 atom stereocenters. The Balaban J connectivity index is 0.00000338. The predicted octanol–water partition coefficient (Wildman–Crippen LogP) is 3.37. The number of nitrogens with one attached hydrogen (secondary N) is 2. The van der Waals surface area contributed by atoms with Crippen molar-refractivity contribution in [1.82, 2.24) is 15.5 Å². The van der Waals surface area contributed by atoms with Gasteiger partial charge in [-0.15, -0.1) is 24.0 Å². The first-order valence-corrected chi connectivity index (χ1v) is 10.3. The number of hydrogen-bond donors (Lipinski definition) is 2. The highest BCUT2D eigenvalue weighted by molar-refractivity contribution is 14.0. The second-order valence-electron chi connectivity index (χ2n) is 6.42. The summed E-state index contributed by atoms with van der Waals surface area (Å²) in [5.41, 5.74) is 1.29. The summed E-state index contributed by atoms with van der Waals surface area (Å²) in [4.78, 5) is 6.92. The second kappa shape index (κ2) is 12.7. The number of guanidine groups is 1. The van der Waals surface area contributed by atoms with E-state index in [1.807, 2.05) is 24.9 Å². The summed E-state index contributed by atoms with van der Waals surface area (Å²) in [6.45, 7) is 6.27. The van der Waals surface area contributed by atoms with Gasteiger partial charge in [-0.1, -0.05) is 19.1 Å². The van der Waals surface area contributed by atoms with E-state index < -0.39 is 0 Å². The van der Waals surface area contributed by atoms with E-state index in [-0.39, 0.29) is 24.0 Å². The molecule has 7 heteroatoms. The van der Waals surface area contributed by atoms with Crippen LogP contribution >= 0.6 is 35.7 Å². The molecule has 1 aromatic rings. The Labute approximate surface area is 179 Å². The van der Waals surface area contributed by atoms with Gasteiger partial charge in [-0.3, -0.25) is 9.89 Å². The van der Waals surface area contributed by atoms with Crippen LogP contribution < -0.4 is 15.4 Å². The van der Waals surface area contributed by atoms with E-state index in [1.165, 1.54) is 18.4 Å². The van der Waals surface area contributed by atoms with Gasteiger partial charge in [0.2, 0.25) is 0 Å². The number of halogens is 1. The molecule has 0 saturated carbocycles. The second-order valence-corrected chi connectivity index (χ2v) is 7.69. The minimum Gasteiger partial charge on any atom is -0.497 e. The van der Waals surface area contributed by atoms with Gasteiger partial charge in [0.05, 0.1) is 13.2 Å². The lowest BCUT2D eigenvalue weighted by Gasteiger charge is -2.29. The summed E-state index contributed by atoms with van der Waals surface area (Å²) >= 11 is 1.86. The van der Waals surface area contributed by atoms with Gasteiger partial charge in [0.25, 0.3) is 0 Å². The average molecular weight is 492 g/mol. The molecule has 1 aliphatic rings. The molecule has 0 spiro atoms. The molecule has 26 heavy (non-hydrogen) atoms. The smallest absolute Gasteiger partial charge is 0.191 e. The number of aliphatic imine (C=N–C) groups is 1. The van der Waals surface area contributed by atoms with Crippen molar-refractivity contribution in [2.24, 2.45) is 4.99 Å². The van der Waals surface area contributed by atoms with E-state index >= 15 is 0 Å². The quantitative estimate of drug-likeness (QED) is 0.331. The fourth-order valence-electron chi connectivity index (χ4n) is 3.10. The molecule has 0 aliphatic carbocycles. The SMILES string of the molecule is CN=C(NCC(C)SC)NCC(c1cccc(OC)c1)N1CCCC1.I. The van der Waals surface area contributed by atoms with E-state index in [0.717, 1.165) is 37.9 Å². The fraction of sp³-hybridized carbons (Fsp3) is 0.632. The number of thioether (sulfide) groups is 1. The monoisotopic (exact) mass is 492 g/mol. The maximum atomic E-state index is 5.41. The summed E-state index contributed by atoms with van der Waals surface area (Å²) < 4.78 is 5.41. The molecule has 1 heterocycles. The lowest BCUT2D eigenvalue weighted by atomic mass is 10.1. The van der Waals surface area contributed by atoms with Crippen LogP contribution in [0, 0.1) is 0 Å². The van der Waals surface area contributed by atoms with Crippen molar-refractivity contribution < 1.29 is 4.74 Å². The molecule has 5 nitrogen and oxygen atoms in total. The van der Waals surface area contributed by atoms with Crippen molar-refractivity contribution in [3.05, 3.63) is 29.8 Å². The highest BCUT2D eigenvalue weighted by atomic mass is 127. The number of methoxy groups -OCH3 is 1. The Kier molecular flexibility index (Phi) is 11.4. The standard InChI is InChI=1S/C19H32N4OS.HI/c1-15(25-4)13-21-19(20-2)22-14-18(23-10-5-6-11-23)16-8-7-9-17(12-16)24-3;/h7-9,12,15,18H,5-6,10-11,13-14H2,1-4H3,(H2,20,21,22);1H. The topological polar surface area (TPSA) is 48.9 Å². The normalized spacial score (nSPS) is 17.3. The zero-order valence-electron chi connectivity index (χ0n) is 16.3. The molecule has 0 radical (unpaired) electrons. The molecule has 1 aromatic carbocycles. The van der Waals surface area contributed by atoms with E-state index in [4.69, 9.17) is 4.74 Å². The van der Waals surface area contributed by atoms with Crippen molar-refractivity contribution in [3.8, 4) is 5.75 Å². The molecular formula is C19H33IN4OS. The highest BCUT2D eigenvalue weighted by Crippen LogP contribution is 2.27. The molecule has 2 N–H and O–H groups in total. The molecule has 0 aromatic heterocycles. The van der Waals surface area contributed by atoms with Crippen molar-refractivity contribution in [1.29, 1.82) is 0 Å². The Hall–Kier alpha value is -0.670. The lowest BCUT2D eigenvalue weighted by molar-refractivity contribution is 0.245. The van der Waals surface area contributed by atoms with Crippen LogP contribution in [0.1, 0.15) is 31.4 Å². The number of ether oxygens (including phenoxy) is 1. The molecule has 1 aliphatic heterocycles. The van der Waals surface area contributed by atoms with E-state index in [1.54, 1.807) is 7.11 Å². The van der Waals surface area contributed by atoms with Gasteiger partial charge in [-0.2, -0.15) is 11.8 Å². The molecule has 1 fully saturated rings. The van der Waals surface area contributed by atoms with Crippen LogP contribution in [-0.2, 0) is 0 Å². The maximum absolute atomic E-state index is 5.41. The summed E-state index contributed by atoms with van der Waals surface area (Å²) in [6.07, 6.45) is 4.69. The molecular weight excluding hydrogens is 459 g/mol. The Morgan fingerprint density at radius 2 is 1.96 bits per heavy atom. The van der Waals surface area contributed by atoms with Gasteiger partial charge in [0, 0.05) is 25.4 Å². The first-order chi connectivity index (χ1) is 12.2. The largest absolute Gasteiger partial charge is 0.497 e.